The molecule has 1 saturated heterocycles. The molecule has 2 atom stereocenters. The summed E-state index contributed by atoms with van der Waals surface area (Å²) in [6.45, 7) is 6.11. The second kappa shape index (κ2) is 38.7. The monoisotopic (exact) mass is 1230 g/mol. The summed E-state index contributed by atoms with van der Waals surface area (Å²) >= 11 is 0. The van der Waals surface area contributed by atoms with Crippen LogP contribution in [0.2, 0.25) is 0 Å². The van der Waals surface area contributed by atoms with Crippen LogP contribution in [0.3, 0.4) is 0 Å². The van der Waals surface area contributed by atoms with E-state index in [2.05, 4.69) is 42.2 Å². The predicted molar refractivity (Wildman–Crippen MR) is 326 cm³/mol. The number of fused-ring (bicyclic) bond motifs is 1. The van der Waals surface area contributed by atoms with E-state index < -0.39 is 47.8 Å². The quantitative estimate of drug-likeness (QED) is 0.0216. The minimum absolute atomic E-state index is 0.0140. The number of ether oxygens (including phenoxy) is 1. The predicted octanol–water partition coefficient (Wildman–Crippen LogP) is 0.208. The number of nitrogens with one attached hydrogen (secondary N) is 7. The third kappa shape index (κ3) is 27.5. The Morgan fingerprint density at radius 2 is 1.08 bits per heavy atom. The molecule has 2 aliphatic rings. The lowest BCUT2D eigenvalue weighted by Gasteiger charge is -2.32. The Morgan fingerprint density at radius 3 is 1.65 bits per heavy atom. The van der Waals surface area contributed by atoms with Crippen LogP contribution in [0.25, 0.3) is 0 Å². The third-order valence-corrected chi connectivity index (χ3v) is 14.6. The minimum atomic E-state index is -1.04. The molecule has 13 N–H and O–H groups in total. The molecule has 0 aromatic heterocycles. The van der Waals surface area contributed by atoms with Crippen molar-refractivity contribution in [3.63, 3.8) is 0 Å². The fourth-order valence-corrected chi connectivity index (χ4v) is 9.91. The highest BCUT2D eigenvalue weighted by Crippen LogP contribution is 2.33. The Labute approximate surface area is 512 Å². The molecule has 2 heterocycles. The van der Waals surface area contributed by atoms with Gasteiger partial charge in [-0.25, -0.2) is 4.79 Å². The normalized spacial score (nSPS) is 15.4. The molecule has 0 unspecified atom stereocenters. The van der Waals surface area contributed by atoms with Gasteiger partial charge in [0.05, 0.1) is 32.8 Å². The van der Waals surface area contributed by atoms with Gasteiger partial charge in [-0.1, -0.05) is 61.9 Å². The highest BCUT2D eigenvalue weighted by Gasteiger charge is 2.34. The molecule has 482 valence electrons. The minimum Gasteiger partial charge on any atom is -0.508 e. The first-order chi connectivity index (χ1) is 42.3. The first-order valence-electron chi connectivity index (χ1n) is 29.9. The van der Waals surface area contributed by atoms with E-state index in [0.717, 1.165) is 16.7 Å². The zero-order chi connectivity index (χ0) is 63.6. The Hall–Kier alpha value is -8.44. The molecule has 0 bridgehead atoms. The van der Waals surface area contributed by atoms with Gasteiger partial charge >= 0.3 is 23.9 Å². The number of aromatic hydroxyl groups is 1. The van der Waals surface area contributed by atoms with E-state index in [1.54, 1.807) is 45.9 Å². The van der Waals surface area contributed by atoms with Crippen LogP contribution in [-0.2, 0) is 58.0 Å². The van der Waals surface area contributed by atoms with Crippen molar-refractivity contribution in [3.05, 3.63) is 95.1 Å². The van der Waals surface area contributed by atoms with Crippen LogP contribution < -0.4 is 47.7 Å². The zero-order valence-electron chi connectivity index (χ0n) is 50.2. The van der Waals surface area contributed by atoms with Crippen molar-refractivity contribution in [3.8, 4) is 11.5 Å². The van der Waals surface area contributed by atoms with Gasteiger partial charge in [0.2, 0.25) is 29.5 Å². The Balaban J connectivity index is 1.07. The van der Waals surface area contributed by atoms with Gasteiger partial charge in [0.1, 0.15) is 23.6 Å². The number of phenolic OH excluding ortho intramolecular Hbond substituents is 1. The Bertz CT molecular complexity index is 2720. The third-order valence-electron chi connectivity index (χ3n) is 14.6. The maximum atomic E-state index is 14.6. The van der Waals surface area contributed by atoms with Gasteiger partial charge in [-0.2, -0.15) is 4.99 Å². The van der Waals surface area contributed by atoms with Crippen molar-refractivity contribution in [2.45, 2.75) is 90.0 Å². The van der Waals surface area contributed by atoms with E-state index in [-0.39, 0.29) is 114 Å². The van der Waals surface area contributed by atoms with Crippen molar-refractivity contribution >= 4 is 59.4 Å². The molecule has 0 saturated carbocycles. The molecular formula is C60H88N14O14. The van der Waals surface area contributed by atoms with Gasteiger partial charge in [0, 0.05) is 118 Å². The number of benzene rings is 3. The number of hydrogen-bond acceptors (Lipinski definition) is 16. The summed E-state index contributed by atoms with van der Waals surface area (Å²) in [4.78, 5) is 125. The lowest BCUT2D eigenvalue weighted by atomic mass is 10.0. The molecule has 3 aromatic rings. The number of urea groups is 1. The van der Waals surface area contributed by atoms with Gasteiger partial charge in [-0.3, -0.25) is 62.9 Å². The van der Waals surface area contributed by atoms with Crippen molar-refractivity contribution in [2.24, 2.45) is 10.7 Å². The molecular weight excluding hydrogens is 1140 g/mol. The van der Waals surface area contributed by atoms with Crippen molar-refractivity contribution in [1.29, 1.82) is 0 Å². The van der Waals surface area contributed by atoms with Crippen molar-refractivity contribution in [1.82, 2.24) is 61.7 Å². The average molecular weight is 1230 g/mol. The standard InChI is InChI=1S/C60H88N14O14/c1-2-50(76)64-25-26-66-60(87)69-59(61)65-23-8-12-49(57(85)67-36-43-14-18-47(75)19-15-43)68-58(86)56(74-37-45-10-5-6-11-46(45)38-74)44-16-20-48(21-17-44)88-35-9-24-62-51(77)13-4-3-7-22-63-52(78)39-70-27-29-71(40-53(79)80)31-33-73(42-55(83)84)34-32-72(30-28-70)41-54(81)82/h5-6,10-11,14-21,49,56,75H,2-4,7-9,12-13,22-42H2,1H3,(H,62,77)(H,63,78)(H,64,76)(H,67,85)(H,68,86)(H,79,80)(H,81,82)(H,83,84)(H4,61,65,66,69,87)/t49-,56+/m1/s1. The van der Waals surface area contributed by atoms with Gasteiger partial charge in [0.15, 0.2) is 5.96 Å². The molecule has 1 fully saturated rings. The summed E-state index contributed by atoms with van der Waals surface area (Å²) in [6.07, 6.45) is 3.59. The summed E-state index contributed by atoms with van der Waals surface area (Å²) in [7, 11) is 0. The van der Waals surface area contributed by atoms with Gasteiger partial charge in [-0.05, 0) is 78.6 Å². The first kappa shape index (κ1) is 70.3. The molecule has 3 aromatic carbocycles. The smallest absolute Gasteiger partial charge is 0.344 e. The van der Waals surface area contributed by atoms with Crippen molar-refractivity contribution in [2.75, 3.05) is 118 Å². The number of rotatable bonds is 34. The second-order valence-electron chi connectivity index (χ2n) is 21.6. The maximum absolute atomic E-state index is 14.6. The van der Waals surface area contributed by atoms with Gasteiger partial charge in [0.25, 0.3) is 0 Å². The number of nitrogens with zero attached hydrogens (tertiary/aromatic N) is 6. The number of aliphatic carboxylic acids is 3. The van der Waals surface area contributed by atoms with Crippen LogP contribution in [-0.4, -0.2) is 228 Å². The van der Waals surface area contributed by atoms with Crippen LogP contribution >= 0.6 is 0 Å². The Morgan fingerprint density at radius 1 is 0.557 bits per heavy atom. The van der Waals surface area contributed by atoms with Crippen molar-refractivity contribution < 1.29 is 68.3 Å². The highest BCUT2D eigenvalue weighted by atomic mass is 16.5. The van der Waals surface area contributed by atoms with Crippen LogP contribution in [0, 0.1) is 0 Å². The summed E-state index contributed by atoms with van der Waals surface area (Å²) < 4.78 is 6.03. The first-order valence-corrected chi connectivity index (χ1v) is 29.9. The maximum Gasteiger partial charge on any atom is 0.344 e. The molecule has 0 radical (unpaired) electrons. The number of carbonyl (C=O) groups excluding carboxylic acids is 6. The number of amides is 7. The molecule has 0 spiro atoms. The van der Waals surface area contributed by atoms with E-state index in [0.29, 0.717) is 115 Å². The fourth-order valence-electron chi connectivity index (χ4n) is 9.91. The van der Waals surface area contributed by atoms with E-state index in [1.165, 1.54) is 12.1 Å². The average Bonchev–Trinajstić information content (AvgIpc) is 2.30. The summed E-state index contributed by atoms with van der Waals surface area (Å²) in [5.74, 6) is -3.95. The SMILES string of the molecule is CCC(=O)NCCNC(=O)/N=C(/N)NCCC[C@@H](NC(=O)[C@H](c1ccc(OCCCNC(=O)CCCCCNC(=O)CN2CCN(CC(=O)O)CCN(CC(=O)O)CCN(CC(=O)O)CC2)cc1)N1Cc2ccccc2C1)C(=O)NCc1ccc(O)cc1. The van der Waals surface area contributed by atoms with E-state index >= 15 is 0 Å². The molecule has 2 aliphatic heterocycles. The molecule has 28 nitrogen and oxygen atoms in total. The number of hydrogen-bond donors (Lipinski definition) is 12. The molecule has 88 heavy (non-hydrogen) atoms. The highest BCUT2D eigenvalue weighted by molar-refractivity contribution is 5.92. The van der Waals surface area contributed by atoms with E-state index in [1.807, 2.05) is 46.2 Å². The molecule has 0 aliphatic carbocycles. The number of carbonyl (C=O) groups is 9. The van der Waals surface area contributed by atoms with Gasteiger partial charge < -0.3 is 68.1 Å². The summed E-state index contributed by atoms with van der Waals surface area (Å²) in [6, 6.07) is 19.0. The Kier molecular flexibility index (Phi) is 30.9. The second-order valence-corrected chi connectivity index (χ2v) is 21.6. The number of nitrogens with two attached hydrogens (primary N) is 1. The van der Waals surface area contributed by atoms with E-state index in [4.69, 9.17) is 10.5 Å². The van der Waals surface area contributed by atoms with Crippen LogP contribution in [0.15, 0.2) is 77.8 Å². The largest absolute Gasteiger partial charge is 0.508 e. The molecule has 5 rings (SSSR count). The number of aliphatic imine (C=N–C) groups is 1. The number of unbranched alkanes of at least 4 members (excludes halogenated alkanes) is 2. The number of carboxylic acids is 3. The number of carboxylic acid groups (broad SMARTS) is 3. The van der Waals surface area contributed by atoms with Crippen LogP contribution in [0.1, 0.15) is 86.6 Å². The lowest BCUT2D eigenvalue weighted by molar-refractivity contribution is -0.140. The molecule has 7 amide bonds. The van der Waals surface area contributed by atoms with Crippen LogP contribution in [0.5, 0.6) is 11.5 Å². The number of guanidine groups is 1. The summed E-state index contributed by atoms with van der Waals surface area (Å²) in [5, 5.41) is 58.0. The number of phenols is 1. The molecule has 28 heteroatoms. The summed E-state index contributed by atoms with van der Waals surface area (Å²) in [5.41, 5.74) is 9.53. The van der Waals surface area contributed by atoms with E-state index in [9.17, 15) is 63.6 Å². The zero-order valence-corrected chi connectivity index (χ0v) is 50.2. The topological polar surface area (TPSA) is 383 Å². The van der Waals surface area contributed by atoms with Crippen LogP contribution in [0.4, 0.5) is 4.79 Å². The fraction of sp³-hybridized carbons (Fsp3) is 0.533. The lowest BCUT2D eigenvalue weighted by Crippen LogP contribution is -2.50. The van der Waals surface area contributed by atoms with Gasteiger partial charge in [-0.15, -0.1) is 0 Å².